The quantitative estimate of drug-likeness (QED) is 0.146. The van der Waals surface area contributed by atoms with E-state index in [4.69, 9.17) is 0 Å². The van der Waals surface area contributed by atoms with Crippen LogP contribution in [0.2, 0.25) is 0 Å². The summed E-state index contributed by atoms with van der Waals surface area (Å²) in [6.07, 6.45) is 19.0. The zero-order chi connectivity index (χ0) is 48.5. The molecule has 350 valence electrons. The van der Waals surface area contributed by atoms with E-state index in [0.717, 1.165) is 0 Å². The van der Waals surface area contributed by atoms with Crippen LogP contribution in [0.5, 0.6) is 0 Å². The van der Waals surface area contributed by atoms with Gasteiger partial charge < -0.3 is 0 Å². The molecule has 8 aromatic rings. The molecule has 0 heterocycles. The second-order valence-corrected chi connectivity index (χ2v) is 21.0. The van der Waals surface area contributed by atoms with Gasteiger partial charge in [-0.25, -0.2) is 0 Å². The van der Waals surface area contributed by atoms with Gasteiger partial charge in [0.2, 0.25) is 0 Å². The minimum atomic E-state index is 0.600. The Labute approximate surface area is 419 Å². The van der Waals surface area contributed by atoms with Crippen molar-refractivity contribution in [1.82, 2.24) is 0 Å². The predicted molar refractivity (Wildman–Crippen MR) is 301 cm³/mol. The molecule has 0 bridgehead atoms. The Hall–Kier alpha value is -6.76. The first-order valence-corrected chi connectivity index (χ1v) is 26.0. The van der Waals surface area contributed by atoms with Crippen molar-refractivity contribution in [3.8, 4) is 0 Å². The highest BCUT2D eigenvalue weighted by Gasteiger charge is 2.32. The molecule has 2 atom stereocenters. The van der Waals surface area contributed by atoms with Crippen LogP contribution in [0.4, 0.5) is 0 Å². The summed E-state index contributed by atoms with van der Waals surface area (Å²) in [5.41, 5.74) is 35.1. The first-order valence-electron chi connectivity index (χ1n) is 26.0. The molecule has 0 heteroatoms. The van der Waals surface area contributed by atoms with E-state index < -0.39 is 0 Å². The predicted octanol–water partition coefficient (Wildman–Crippen LogP) is 17.2. The zero-order valence-electron chi connectivity index (χ0n) is 43.0. The summed E-state index contributed by atoms with van der Waals surface area (Å²) < 4.78 is 0. The molecule has 2 unspecified atom stereocenters. The Morgan fingerprint density at radius 3 is 1.19 bits per heavy atom. The first-order chi connectivity index (χ1) is 34.0. The zero-order valence-corrected chi connectivity index (χ0v) is 43.0. The average molecular weight is 911 g/mol. The monoisotopic (exact) mass is 911 g/mol. The van der Waals surface area contributed by atoms with Gasteiger partial charge in [-0.1, -0.05) is 181 Å². The second kappa shape index (κ2) is 20.3. The fourth-order valence-corrected chi connectivity index (χ4v) is 11.3. The Morgan fingerprint density at radius 1 is 0.314 bits per heavy atom. The molecule has 70 heavy (non-hydrogen) atoms. The van der Waals surface area contributed by atoms with Crippen molar-refractivity contribution in [3.05, 3.63) is 279 Å². The lowest BCUT2D eigenvalue weighted by molar-refractivity contribution is 0.687. The summed E-state index contributed by atoms with van der Waals surface area (Å²) in [4.78, 5) is 0. The molecular weight excluding hydrogens is 841 g/mol. The lowest BCUT2D eigenvalue weighted by atomic mass is 9.69. The molecule has 0 spiro atoms. The van der Waals surface area contributed by atoms with Gasteiger partial charge in [-0.3, -0.25) is 0 Å². The fourth-order valence-electron chi connectivity index (χ4n) is 11.3. The van der Waals surface area contributed by atoms with Crippen molar-refractivity contribution >= 4 is 24.3 Å². The van der Waals surface area contributed by atoms with Crippen LogP contribution >= 0.6 is 0 Å². The molecular formula is C70H70. The van der Waals surface area contributed by atoms with Crippen LogP contribution in [0.15, 0.2) is 146 Å². The summed E-state index contributed by atoms with van der Waals surface area (Å²) in [5, 5.41) is 0. The SMILES string of the molecule is Cc1cc(C2Cc3ccccc32)c(C)cc1C1Cc2ccccc21.Cc1cc2c(cc1C)CC2.Cc1ccc(/C=C/c2ccc3c(c2/C=C/c2ccc(C)cc2)CC3)cc1.Cc1ccc(C)c2c1CC2. The molecule has 0 nitrogen and oxygen atoms in total. The molecule has 5 aliphatic rings. The molecule has 0 amide bonds. The molecule has 0 aliphatic heterocycles. The van der Waals surface area contributed by atoms with Crippen LogP contribution in [0.1, 0.15) is 145 Å². The summed E-state index contributed by atoms with van der Waals surface area (Å²) in [7, 11) is 0. The molecule has 0 saturated heterocycles. The summed E-state index contributed by atoms with van der Waals surface area (Å²) in [6.45, 7) is 17.6. The number of hydrogen-bond acceptors (Lipinski definition) is 0. The molecule has 5 aliphatic carbocycles. The van der Waals surface area contributed by atoms with Crippen molar-refractivity contribution in [2.45, 2.75) is 119 Å². The number of aryl methyl sites for hydroxylation is 11. The molecule has 0 radical (unpaired) electrons. The van der Waals surface area contributed by atoms with Gasteiger partial charge in [0.15, 0.2) is 0 Å². The van der Waals surface area contributed by atoms with Crippen molar-refractivity contribution < 1.29 is 0 Å². The standard InChI is InChI=1S/C26H24.C24H22.2C10H12/c1-19-3-7-21(8-4-19)11-13-23-14-15-24-16-18-26(24)25(23)17-12-22-9-5-20(2)6-10-22;1-15-11-22(24-14-18-8-4-6-10-20(18)24)16(2)12-21(15)23-13-17-7-3-5-9-19(17)23;1-7-5-9-3-4-10(9)6-8(7)2;1-7-3-4-8(2)10-6-5-9(7)10/h3-15,17H,16,18H2,1-2H3;3-12,23-24H,13-14H2,1-2H3;5-6H,3-4H2,1-2H3;3-4H,5-6H2,1-2H3/b13-11+,17-12+;;;. The van der Waals surface area contributed by atoms with Crippen molar-refractivity contribution in [2.75, 3.05) is 0 Å². The Kier molecular flexibility index (Phi) is 13.6. The maximum Gasteiger partial charge on any atom is 0.0135 e. The molecule has 0 saturated carbocycles. The first kappa shape index (κ1) is 46.9. The van der Waals surface area contributed by atoms with E-state index in [1.54, 1.807) is 22.3 Å². The Morgan fingerprint density at radius 2 is 0.757 bits per heavy atom. The molecule has 0 aromatic heterocycles. The summed E-state index contributed by atoms with van der Waals surface area (Å²) in [5.74, 6) is 1.20. The highest BCUT2D eigenvalue weighted by Crippen LogP contribution is 2.45. The highest BCUT2D eigenvalue weighted by atomic mass is 14.4. The lowest BCUT2D eigenvalue weighted by Gasteiger charge is -2.35. The van der Waals surface area contributed by atoms with Crippen molar-refractivity contribution in [2.24, 2.45) is 0 Å². The van der Waals surface area contributed by atoms with Gasteiger partial charge in [0, 0.05) is 11.8 Å². The van der Waals surface area contributed by atoms with E-state index in [2.05, 4.69) is 225 Å². The Bertz CT molecular complexity index is 3130. The van der Waals surface area contributed by atoms with E-state index in [9.17, 15) is 0 Å². The lowest BCUT2D eigenvalue weighted by Crippen LogP contribution is -2.21. The largest absolute Gasteiger partial charge is 0.0620 e. The Balaban J connectivity index is 0.000000117. The summed E-state index contributed by atoms with van der Waals surface area (Å²) in [6, 6.07) is 53.8. The van der Waals surface area contributed by atoms with E-state index >= 15 is 0 Å². The van der Waals surface area contributed by atoms with E-state index in [1.165, 1.54) is 163 Å². The minimum absolute atomic E-state index is 0.600. The molecule has 8 aromatic carbocycles. The van der Waals surface area contributed by atoms with Gasteiger partial charge >= 0.3 is 0 Å². The minimum Gasteiger partial charge on any atom is -0.0620 e. The van der Waals surface area contributed by atoms with Crippen LogP contribution in [0, 0.1) is 55.4 Å². The average Bonchev–Trinajstić information content (AvgIpc) is 3.31. The fraction of sp³-hybridized carbons (Fsp3) is 0.257. The number of hydrogen-bond donors (Lipinski definition) is 0. The van der Waals surface area contributed by atoms with Gasteiger partial charge in [-0.15, -0.1) is 0 Å². The van der Waals surface area contributed by atoms with Gasteiger partial charge in [0.05, 0.1) is 0 Å². The van der Waals surface area contributed by atoms with Gasteiger partial charge in [-0.05, 0) is 229 Å². The topological polar surface area (TPSA) is 0 Å². The molecule has 0 fully saturated rings. The van der Waals surface area contributed by atoms with Crippen LogP contribution in [0.25, 0.3) is 24.3 Å². The molecule has 13 rings (SSSR count). The van der Waals surface area contributed by atoms with Crippen molar-refractivity contribution in [1.29, 1.82) is 0 Å². The number of fused-ring (bicyclic) bond motifs is 5. The smallest absolute Gasteiger partial charge is 0.0135 e. The summed E-state index contributed by atoms with van der Waals surface area (Å²) >= 11 is 0. The van der Waals surface area contributed by atoms with Gasteiger partial charge in [-0.2, -0.15) is 0 Å². The maximum absolute atomic E-state index is 2.46. The van der Waals surface area contributed by atoms with Gasteiger partial charge in [0.25, 0.3) is 0 Å². The van der Waals surface area contributed by atoms with Crippen LogP contribution in [-0.4, -0.2) is 0 Å². The number of rotatable bonds is 6. The highest BCUT2D eigenvalue weighted by molar-refractivity contribution is 5.82. The van der Waals surface area contributed by atoms with Crippen LogP contribution < -0.4 is 0 Å². The third kappa shape index (κ3) is 9.85. The molecule has 0 N–H and O–H groups in total. The maximum atomic E-state index is 2.46. The van der Waals surface area contributed by atoms with Crippen LogP contribution in [0.3, 0.4) is 0 Å². The third-order valence-electron chi connectivity index (χ3n) is 16.3. The van der Waals surface area contributed by atoms with E-state index in [-0.39, 0.29) is 0 Å². The second-order valence-electron chi connectivity index (χ2n) is 21.0. The van der Waals surface area contributed by atoms with Crippen LogP contribution in [-0.2, 0) is 51.4 Å². The van der Waals surface area contributed by atoms with E-state index in [0.29, 0.717) is 11.8 Å². The van der Waals surface area contributed by atoms with Gasteiger partial charge in [0.1, 0.15) is 0 Å². The normalized spacial score (nSPS) is 16.0. The van der Waals surface area contributed by atoms with Crippen molar-refractivity contribution in [3.63, 3.8) is 0 Å². The third-order valence-corrected chi connectivity index (χ3v) is 16.3. The number of benzene rings is 8. The van der Waals surface area contributed by atoms with E-state index in [1.807, 2.05) is 0 Å².